The van der Waals surface area contributed by atoms with Crippen molar-refractivity contribution in [1.29, 1.82) is 5.26 Å². The SMILES string of the molecule is CCOC(=O)c1c(-c2ccc(Cl)c(Cl)c2)c(C#N)c(C)[nH]c1=O. The second-order valence-corrected chi connectivity index (χ2v) is 5.48. The van der Waals surface area contributed by atoms with E-state index in [1.54, 1.807) is 19.9 Å². The van der Waals surface area contributed by atoms with Crippen molar-refractivity contribution >= 4 is 29.2 Å². The Kier molecular flexibility index (Phi) is 5.09. The molecule has 1 heterocycles. The van der Waals surface area contributed by atoms with Gasteiger partial charge in [0.25, 0.3) is 5.56 Å². The molecule has 0 bridgehead atoms. The van der Waals surface area contributed by atoms with Crippen LogP contribution in [0.15, 0.2) is 23.0 Å². The van der Waals surface area contributed by atoms with Gasteiger partial charge < -0.3 is 9.72 Å². The first-order valence-electron chi connectivity index (χ1n) is 6.70. The molecule has 0 saturated heterocycles. The van der Waals surface area contributed by atoms with E-state index in [2.05, 4.69) is 4.98 Å². The number of carbonyl (C=O) groups is 1. The summed E-state index contributed by atoms with van der Waals surface area (Å²) in [5.74, 6) is -0.800. The highest BCUT2D eigenvalue weighted by Crippen LogP contribution is 2.32. The molecule has 0 amide bonds. The standard InChI is InChI=1S/C16H12Cl2N2O3/c1-3-23-16(22)14-13(9-4-5-11(17)12(18)6-9)10(7-19)8(2)20-15(14)21/h4-6H,3H2,1-2H3,(H,20,21). The third-order valence-electron chi connectivity index (χ3n) is 3.20. The Balaban J connectivity index is 2.88. The molecule has 0 aliphatic carbocycles. The van der Waals surface area contributed by atoms with Crippen molar-refractivity contribution in [3.63, 3.8) is 0 Å². The zero-order valence-corrected chi connectivity index (χ0v) is 13.9. The number of rotatable bonds is 3. The predicted octanol–water partition coefficient (Wildman–Crippen LogP) is 3.71. The summed E-state index contributed by atoms with van der Waals surface area (Å²) in [7, 11) is 0. The van der Waals surface area contributed by atoms with E-state index in [9.17, 15) is 14.9 Å². The number of hydrogen-bond donors (Lipinski definition) is 1. The Morgan fingerprint density at radius 1 is 1.35 bits per heavy atom. The minimum atomic E-state index is -0.800. The zero-order valence-electron chi connectivity index (χ0n) is 12.4. The summed E-state index contributed by atoms with van der Waals surface area (Å²) in [5.41, 5.74) is 0.296. The number of pyridine rings is 1. The van der Waals surface area contributed by atoms with Crippen molar-refractivity contribution in [1.82, 2.24) is 4.98 Å². The molecule has 0 saturated carbocycles. The molecule has 7 heteroatoms. The fourth-order valence-electron chi connectivity index (χ4n) is 2.20. The fourth-order valence-corrected chi connectivity index (χ4v) is 2.50. The van der Waals surface area contributed by atoms with Crippen LogP contribution in [0.4, 0.5) is 0 Å². The number of nitriles is 1. The van der Waals surface area contributed by atoms with Gasteiger partial charge >= 0.3 is 5.97 Å². The maximum absolute atomic E-state index is 12.2. The van der Waals surface area contributed by atoms with Gasteiger partial charge in [-0.15, -0.1) is 0 Å². The van der Waals surface area contributed by atoms with Crippen molar-refractivity contribution in [2.45, 2.75) is 13.8 Å². The summed E-state index contributed by atoms with van der Waals surface area (Å²) in [5, 5.41) is 10.0. The highest BCUT2D eigenvalue weighted by Gasteiger charge is 2.24. The van der Waals surface area contributed by atoms with E-state index in [4.69, 9.17) is 27.9 Å². The van der Waals surface area contributed by atoms with Gasteiger partial charge in [0.1, 0.15) is 11.6 Å². The largest absolute Gasteiger partial charge is 0.462 e. The van der Waals surface area contributed by atoms with Gasteiger partial charge in [-0.2, -0.15) is 5.26 Å². The Labute approximate surface area is 142 Å². The molecule has 0 radical (unpaired) electrons. The van der Waals surface area contributed by atoms with Gasteiger partial charge in [-0.05, 0) is 31.5 Å². The lowest BCUT2D eigenvalue weighted by molar-refractivity contribution is 0.0525. The van der Waals surface area contributed by atoms with Gasteiger partial charge in [-0.25, -0.2) is 4.79 Å². The quantitative estimate of drug-likeness (QED) is 0.855. The van der Waals surface area contributed by atoms with Gasteiger partial charge in [0.2, 0.25) is 0 Å². The molecule has 1 N–H and O–H groups in total. The summed E-state index contributed by atoms with van der Waals surface area (Å²) >= 11 is 11.9. The number of esters is 1. The lowest BCUT2D eigenvalue weighted by atomic mass is 9.95. The van der Waals surface area contributed by atoms with Crippen LogP contribution in [0.25, 0.3) is 11.1 Å². The number of nitrogens with zero attached hydrogens (tertiary/aromatic N) is 1. The first-order chi connectivity index (χ1) is 10.9. The number of H-pyrrole nitrogens is 1. The minimum absolute atomic E-state index is 0.106. The van der Waals surface area contributed by atoms with Crippen LogP contribution in [-0.2, 0) is 4.74 Å². The third kappa shape index (κ3) is 3.24. The number of aromatic amines is 1. The average molecular weight is 351 g/mol. The second-order valence-electron chi connectivity index (χ2n) is 4.67. The van der Waals surface area contributed by atoms with Crippen molar-refractivity contribution in [2.75, 3.05) is 6.61 Å². The summed E-state index contributed by atoms with van der Waals surface area (Å²) in [4.78, 5) is 26.9. The lowest BCUT2D eigenvalue weighted by Crippen LogP contribution is -2.23. The molecule has 0 aliphatic rings. The van der Waals surface area contributed by atoms with Crippen LogP contribution < -0.4 is 5.56 Å². The third-order valence-corrected chi connectivity index (χ3v) is 3.94. The van der Waals surface area contributed by atoms with E-state index in [0.29, 0.717) is 16.3 Å². The van der Waals surface area contributed by atoms with Crippen LogP contribution in [-0.4, -0.2) is 17.6 Å². The fraction of sp³-hybridized carbons (Fsp3) is 0.188. The predicted molar refractivity (Wildman–Crippen MR) is 87.9 cm³/mol. The van der Waals surface area contributed by atoms with Gasteiger partial charge in [0.15, 0.2) is 0 Å². The van der Waals surface area contributed by atoms with E-state index in [1.807, 2.05) is 6.07 Å². The van der Waals surface area contributed by atoms with Gasteiger partial charge in [0, 0.05) is 11.3 Å². The maximum Gasteiger partial charge on any atom is 0.344 e. The normalized spacial score (nSPS) is 10.2. The monoisotopic (exact) mass is 350 g/mol. The summed E-state index contributed by atoms with van der Waals surface area (Å²) in [6, 6.07) is 6.63. The molecule has 1 aromatic carbocycles. The highest BCUT2D eigenvalue weighted by molar-refractivity contribution is 6.42. The number of benzene rings is 1. The highest BCUT2D eigenvalue weighted by atomic mass is 35.5. The number of carbonyl (C=O) groups excluding carboxylic acids is 1. The molecule has 2 rings (SSSR count). The Hall–Kier alpha value is -2.29. The number of hydrogen-bond acceptors (Lipinski definition) is 4. The Morgan fingerprint density at radius 3 is 2.61 bits per heavy atom. The smallest absolute Gasteiger partial charge is 0.344 e. The summed E-state index contributed by atoms with van der Waals surface area (Å²) < 4.78 is 4.94. The number of nitrogens with one attached hydrogen (secondary N) is 1. The van der Waals surface area contributed by atoms with Crippen LogP contribution in [0.3, 0.4) is 0 Å². The molecule has 0 fully saturated rings. The molecule has 0 aliphatic heterocycles. The molecule has 2 aromatic rings. The molecular weight excluding hydrogens is 339 g/mol. The van der Waals surface area contributed by atoms with E-state index >= 15 is 0 Å². The van der Waals surface area contributed by atoms with Crippen LogP contribution in [0, 0.1) is 18.3 Å². The second kappa shape index (κ2) is 6.86. The van der Waals surface area contributed by atoms with Crippen molar-refractivity contribution < 1.29 is 9.53 Å². The van der Waals surface area contributed by atoms with Crippen LogP contribution in [0.5, 0.6) is 0 Å². The summed E-state index contributed by atoms with van der Waals surface area (Å²) in [6.45, 7) is 3.31. The lowest BCUT2D eigenvalue weighted by Gasteiger charge is -2.12. The summed E-state index contributed by atoms with van der Waals surface area (Å²) in [6.07, 6.45) is 0. The van der Waals surface area contributed by atoms with E-state index < -0.39 is 11.5 Å². The van der Waals surface area contributed by atoms with Crippen molar-refractivity contribution in [3.05, 3.63) is 55.4 Å². The van der Waals surface area contributed by atoms with E-state index in [1.165, 1.54) is 12.1 Å². The van der Waals surface area contributed by atoms with Crippen LogP contribution in [0.1, 0.15) is 28.5 Å². The number of ether oxygens (including phenoxy) is 1. The van der Waals surface area contributed by atoms with Crippen molar-refractivity contribution in [3.8, 4) is 17.2 Å². The van der Waals surface area contributed by atoms with Gasteiger partial charge in [-0.3, -0.25) is 4.79 Å². The van der Waals surface area contributed by atoms with E-state index in [0.717, 1.165) is 0 Å². The minimum Gasteiger partial charge on any atom is -0.462 e. The molecule has 1 aromatic heterocycles. The van der Waals surface area contributed by atoms with Crippen molar-refractivity contribution in [2.24, 2.45) is 0 Å². The van der Waals surface area contributed by atoms with Crippen LogP contribution >= 0.6 is 23.2 Å². The molecule has 0 atom stereocenters. The Morgan fingerprint density at radius 2 is 2.04 bits per heavy atom. The molecular formula is C16H12Cl2N2O3. The average Bonchev–Trinajstić information content (AvgIpc) is 2.49. The number of aryl methyl sites for hydroxylation is 1. The molecule has 0 unspecified atom stereocenters. The number of halogens is 2. The first-order valence-corrected chi connectivity index (χ1v) is 7.45. The molecule has 23 heavy (non-hydrogen) atoms. The zero-order chi connectivity index (χ0) is 17.1. The molecule has 0 spiro atoms. The Bertz CT molecular complexity index is 882. The maximum atomic E-state index is 12.2. The van der Waals surface area contributed by atoms with Gasteiger partial charge in [-0.1, -0.05) is 29.3 Å². The van der Waals surface area contributed by atoms with Crippen LogP contribution in [0.2, 0.25) is 10.0 Å². The molecule has 5 nitrogen and oxygen atoms in total. The van der Waals surface area contributed by atoms with E-state index in [-0.39, 0.29) is 28.3 Å². The first kappa shape index (κ1) is 17.1. The van der Waals surface area contributed by atoms with Gasteiger partial charge in [0.05, 0.1) is 22.2 Å². The molecule has 118 valence electrons. The topological polar surface area (TPSA) is 82.9 Å². The number of aromatic nitrogens is 1.